The molecule has 4 aromatic carbocycles. The second-order valence-electron chi connectivity index (χ2n) is 15.8. The average molecular weight is 961 g/mol. The maximum atomic E-state index is 13.9. The summed E-state index contributed by atoms with van der Waals surface area (Å²) in [6.45, 7) is 0.826. The molecule has 67 heavy (non-hydrogen) atoms. The molecule has 2 unspecified atom stereocenters. The number of carbonyl (C=O) groups is 4. The Bertz CT molecular complexity index is 2150. The van der Waals surface area contributed by atoms with Crippen LogP contribution < -0.4 is 30.4 Å². The highest BCUT2D eigenvalue weighted by Crippen LogP contribution is 2.40. The van der Waals surface area contributed by atoms with Crippen LogP contribution in [0.3, 0.4) is 0 Å². The van der Waals surface area contributed by atoms with Gasteiger partial charge in [-0.1, -0.05) is 36.4 Å². The Morgan fingerprint density at radius 2 is 0.985 bits per heavy atom. The van der Waals surface area contributed by atoms with Crippen LogP contribution in [0.25, 0.3) is 0 Å². The Morgan fingerprint density at radius 3 is 1.36 bits per heavy atom. The lowest BCUT2D eigenvalue weighted by molar-refractivity contribution is 0.0516. The topological polar surface area (TPSA) is 223 Å². The van der Waals surface area contributed by atoms with Crippen molar-refractivity contribution in [3.63, 3.8) is 0 Å². The van der Waals surface area contributed by atoms with Crippen molar-refractivity contribution in [1.29, 1.82) is 0 Å². The molecule has 2 heterocycles. The number of nitrogens with two attached hydrogens (primary N) is 2. The summed E-state index contributed by atoms with van der Waals surface area (Å²) in [5.74, 6) is -1.09. The lowest BCUT2D eigenvalue weighted by atomic mass is 10.0. The smallest absolute Gasteiger partial charge is 0.344 e. The van der Waals surface area contributed by atoms with Gasteiger partial charge >= 0.3 is 11.9 Å². The minimum Gasteiger partial charge on any atom is -0.496 e. The molecule has 16 nitrogen and oxygen atoms in total. The summed E-state index contributed by atoms with van der Waals surface area (Å²) >= 11 is 3.05. The van der Waals surface area contributed by atoms with Crippen LogP contribution in [0.2, 0.25) is 0 Å². The van der Waals surface area contributed by atoms with Crippen molar-refractivity contribution in [3.8, 4) is 23.0 Å². The van der Waals surface area contributed by atoms with Crippen molar-refractivity contribution >= 4 is 58.7 Å². The van der Waals surface area contributed by atoms with Gasteiger partial charge in [-0.2, -0.15) is 0 Å². The molecule has 0 aliphatic carbocycles. The second kappa shape index (κ2) is 25.4. The number of rotatable bonds is 24. The van der Waals surface area contributed by atoms with Crippen molar-refractivity contribution in [3.05, 3.63) is 95.1 Å². The Balaban J connectivity index is 1.13. The van der Waals surface area contributed by atoms with E-state index in [0.29, 0.717) is 69.5 Å². The summed E-state index contributed by atoms with van der Waals surface area (Å²) in [5.41, 5.74) is 12.8. The van der Waals surface area contributed by atoms with E-state index in [2.05, 4.69) is 0 Å². The fourth-order valence-corrected chi connectivity index (χ4v) is 9.61. The molecule has 2 saturated heterocycles. The van der Waals surface area contributed by atoms with Gasteiger partial charge in [0, 0.05) is 46.5 Å². The van der Waals surface area contributed by atoms with Gasteiger partial charge in [0.1, 0.15) is 58.5 Å². The number of amides is 2. The van der Waals surface area contributed by atoms with Gasteiger partial charge in [0.2, 0.25) is 0 Å². The highest BCUT2D eigenvalue weighted by molar-refractivity contribution is 7.99. The molecule has 0 spiro atoms. The summed E-state index contributed by atoms with van der Waals surface area (Å²) < 4.78 is 35.0. The van der Waals surface area contributed by atoms with Gasteiger partial charge < -0.3 is 59.9 Å². The fraction of sp³-hybridized carbons (Fsp3) is 0.429. The van der Waals surface area contributed by atoms with E-state index in [4.69, 9.17) is 39.9 Å². The minimum absolute atomic E-state index is 0.00708. The summed E-state index contributed by atoms with van der Waals surface area (Å²) in [6, 6.07) is 21.5. The van der Waals surface area contributed by atoms with E-state index in [9.17, 15) is 29.4 Å². The number of benzene rings is 4. The molecule has 2 fully saturated rings. The number of thioether (sulfide) groups is 2. The fourth-order valence-electron chi connectivity index (χ4n) is 8.10. The van der Waals surface area contributed by atoms with Crippen molar-refractivity contribution in [1.82, 2.24) is 9.80 Å². The molecule has 6 N–H and O–H groups in total. The zero-order valence-electron chi connectivity index (χ0n) is 37.9. The summed E-state index contributed by atoms with van der Waals surface area (Å²) in [5, 5.41) is 19.9. The van der Waals surface area contributed by atoms with E-state index in [0.717, 1.165) is 9.79 Å². The third-order valence-corrected chi connectivity index (χ3v) is 13.5. The number of hydrogen-bond acceptors (Lipinski definition) is 16. The highest BCUT2D eigenvalue weighted by atomic mass is 32.2. The van der Waals surface area contributed by atoms with E-state index in [1.54, 1.807) is 9.80 Å². The molecule has 2 atom stereocenters. The molecule has 0 bridgehead atoms. The normalized spacial score (nSPS) is 15.6. The Kier molecular flexibility index (Phi) is 19.1. The number of likely N-dealkylation sites (tertiary alicyclic amines) is 2. The van der Waals surface area contributed by atoms with Gasteiger partial charge in [-0.05, 0) is 69.2 Å². The Hall–Kier alpha value is -5.82. The van der Waals surface area contributed by atoms with Crippen LogP contribution in [0.4, 0.5) is 11.4 Å². The van der Waals surface area contributed by atoms with E-state index in [-0.39, 0.29) is 108 Å². The molecule has 4 aromatic rings. The van der Waals surface area contributed by atoms with Crippen LogP contribution in [0.1, 0.15) is 86.4 Å². The quantitative estimate of drug-likeness (QED) is 0.0252. The highest BCUT2D eigenvalue weighted by Gasteiger charge is 2.36. The largest absolute Gasteiger partial charge is 0.496 e. The number of methoxy groups -OCH3 is 2. The first-order chi connectivity index (χ1) is 32.6. The molecule has 2 aliphatic heterocycles. The zero-order chi connectivity index (χ0) is 47.7. The number of aliphatic hydroxyl groups excluding tert-OH is 2. The first-order valence-corrected chi connectivity index (χ1v) is 24.4. The van der Waals surface area contributed by atoms with E-state index < -0.39 is 23.8 Å². The standard InChI is InChI=1S/C49H60N4O12S2/c1-60-36-28-38(42(48(58)64-24-26-66-34-16-6-3-7-17-34)44(50)40(36)46(56)52-20-12-14-32(52)30-54)62-22-10-5-11-23-63-39-29-37(61-2)41(47(57)53-21-13-15-33(53)31-55)45(51)43(39)49(59)65-25-27-67-35-18-8-4-9-19-35/h3-4,6-9,16-19,28-29,32-33,54-55H,5,10-15,20-27,30-31,50-51H2,1-2H3. The van der Waals surface area contributed by atoms with Crippen molar-refractivity contribution in [2.45, 2.75) is 66.8 Å². The SMILES string of the molecule is COc1cc(OCCCCCOc2cc(OC)c(C(=O)N3CCCC3CO)c(N)c2C(=O)OCCSc2ccccc2)c(C(=O)OCCSc2ccccc2)c(N)c1C(=O)N1CCCC1CO. The number of unbranched alkanes of at least 4 members (excludes halogenated alkanes) is 2. The van der Waals surface area contributed by atoms with Crippen molar-refractivity contribution < 1.29 is 57.8 Å². The molecule has 6 rings (SSSR count). The van der Waals surface area contributed by atoms with Gasteiger partial charge in [-0.3, -0.25) is 9.59 Å². The van der Waals surface area contributed by atoms with Crippen LogP contribution >= 0.6 is 23.5 Å². The lowest BCUT2D eigenvalue weighted by Gasteiger charge is -2.26. The summed E-state index contributed by atoms with van der Waals surface area (Å²) in [6.07, 6.45) is 4.26. The number of carbonyl (C=O) groups excluding carboxylic acids is 4. The van der Waals surface area contributed by atoms with Crippen LogP contribution in [0.15, 0.2) is 82.6 Å². The lowest BCUT2D eigenvalue weighted by Crippen LogP contribution is -2.38. The number of anilines is 2. The number of esters is 2. The molecular formula is C49H60N4O12S2. The molecule has 360 valence electrons. The summed E-state index contributed by atoms with van der Waals surface area (Å²) in [4.78, 5) is 60.5. The molecule has 0 aromatic heterocycles. The number of aliphatic hydroxyl groups is 2. The number of ether oxygens (including phenoxy) is 6. The van der Waals surface area contributed by atoms with Gasteiger partial charge in [-0.15, -0.1) is 23.5 Å². The van der Waals surface area contributed by atoms with Crippen LogP contribution in [0, 0.1) is 0 Å². The van der Waals surface area contributed by atoms with E-state index in [1.165, 1.54) is 49.9 Å². The first-order valence-electron chi connectivity index (χ1n) is 22.4. The number of nitrogen functional groups attached to an aromatic ring is 2. The Morgan fingerprint density at radius 1 is 0.582 bits per heavy atom. The molecule has 2 amide bonds. The van der Waals surface area contributed by atoms with E-state index in [1.807, 2.05) is 60.7 Å². The van der Waals surface area contributed by atoms with Gasteiger partial charge in [-0.25, -0.2) is 9.59 Å². The van der Waals surface area contributed by atoms with Gasteiger partial charge in [0.05, 0.1) is 64.1 Å². The zero-order valence-corrected chi connectivity index (χ0v) is 39.6. The molecular weight excluding hydrogens is 901 g/mol. The molecule has 2 aliphatic rings. The average Bonchev–Trinajstić information content (AvgIpc) is 4.04. The van der Waals surface area contributed by atoms with Crippen molar-refractivity contribution in [2.75, 3.05) is 89.9 Å². The third-order valence-electron chi connectivity index (χ3n) is 11.5. The number of hydrogen-bond donors (Lipinski definition) is 4. The number of nitrogens with zero attached hydrogens (tertiary/aromatic N) is 2. The predicted octanol–water partition coefficient (Wildman–Crippen LogP) is 6.59. The van der Waals surface area contributed by atoms with Crippen molar-refractivity contribution in [2.24, 2.45) is 0 Å². The molecule has 0 radical (unpaired) electrons. The molecule has 0 saturated carbocycles. The first kappa shape index (κ1) is 50.6. The van der Waals surface area contributed by atoms with Gasteiger partial charge in [0.25, 0.3) is 11.8 Å². The van der Waals surface area contributed by atoms with E-state index >= 15 is 0 Å². The maximum Gasteiger partial charge on any atom is 0.344 e. The summed E-state index contributed by atoms with van der Waals surface area (Å²) in [7, 11) is 2.79. The second-order valence-corrected chi connectivity index (χ2v) is 18.1. The van der Waals surface area contributed by atoms with Gasteiger partial charge in [0.15, 0.2) is 0 Å². The van der Waals surface area contributed by atoms with Crippen LogP contribution in [-0.2, 0) is 9.47 Å². The van der Waals surface area contributed by atoms with Crippen LogP contribution in [0.5, 0.6) is 23.0 Å². The monoisotopic (exact) mass is 960 g/mol. The maximum absolute atomic E-state index is 13.9. The predicted molar refractivity (Wildman–Crippen MR) is 257 cm³/mol. The minimum atomic E-state index is -0.758. The molecule has 18 heteroatoms. The third kappa shape index (κ3) is 12.8. The van der Waals surface area contributed by atoms with Crippen LogP contribution in [-0.4, -0.2) is 134 Å². The Labute approximate surface area is 399 Å².